The van der Waals surface area contributed by atoms with Crippen LogP contribution in [-0.2, 0) is 22.6 Å². The van der Waals surface area contributed by atoms with Crippen molar-refractivity contribution >= 4 is 34.3 Å². The van der Waals surface area contributed by atoms with Gasteiger partial charge in [0.15, 0.2) is 0 Å². The minimum atomic E-state index is -0.287. The smallest absolute Gasteiger partial charge is 0.258 e. The van der Waals surface area contributed by atoms with Crippen LogP contribution in [0.4, 0.5) is 0 Å². The van der Waals surface area contributed by atoms with Gasteiger partial charge in [0, 0.05) is 16.2 Å². The second kappa shape index (κ2) is 7.40. The lowest BCUT2D eigenvalue weighted by molar-refractivity contribution is -0.128. The van der Waals surface area contributed by atoms with Crippen LogP contribution in [0.1, 0.15) is 11.3 Å². The van der Waals surface area contributed by atoms with Crippen molar-refractivity contribution in [2.45, 2.75) is 19.9 Å². The summed E-state index contributed by atoms with van der Waals surface area (Å²) >= 11 is 5.81. The Kier molecular flexibility index (Phi) is 5.05. The Labute approximate surface area is 150 Å². The van der Waals surface area contributed by atoms with Gasteiger partial charge in [-0.15, -0.1) is 0 Å². The topological polar surface area (TPSA) is 63.1 Å². The fourth-order valence-electron chi connectivity index (χ4n) is 2.71. The van der Waals surface area contributed by atoms with Crippen molar-refractivity contribution in [3.63, 3.8) is 0 Å². The van der Waals surface area contributed by atoms with Crippen LogP contribution in [0.3, 0.4) is 0 Å². The Bertz CT molecular complexity index is 916. The molecule has 0 saturated carbocycles. The van der Waals surface area contributed by atoms with Crippen molar-refractivity contribution in [1.29, 1.82) is 0 Å². The van der Waals surface area contributed by atoms with Crippen LogP contribution in [0, 0.1) is 6.92 Å². The maximum atomic E-state index is 12.1. The van der Waals surface area contributed by atoms with E-state index in [9.17, 15) is 9.59 Å². The molecule has 0 radical (unpaired) electrons. The summed E-state index contributed by atoms with van der Waals surface area (Å²) in [6, 6.07) is 16.9. The number of halogens is 1. The van der Waals surface area contributed by atoms with Crippen LogP contribution < -0.4 is 10.9 Å². The SMILES string of the molecule is Cc1cc2ccccc2n1CC(=O)NNC(=O)Cc1ccc(Cl)cc1. The number of carbonyl (C=O) groups excluding carboxylic acids is 2. The minimum Gasteiger partial charge on any atom is -0.335 e. The van der Waals surface area contributed by atoms with Gasteiger partial charge in [-0.05, 0) is 42.1 Å². The van der Waals surface area contributed by atoms with E-state index < -0.39 is 0 Å². The molecule has 128 valence electrons. The fraction of sp³-hybridized carbons (Fsp3) is 0.158. The Morgan fingerprint density at radius 3 is 2.44 bits per heavy atom. The quantitative estimate of drug-likeness (QED) is 0.707. The molecule has 0 aliphatic heterocycles. The Balaban J connectivity index is 1.56. The van der Waals surface area contributed by atoms with Crippen molar-refractivity contribution in [3.8, 4) is 0 Å². The number of nitrogens with one attached hydrogen (secondary N) is 2. The Morgan fingerprint density at radius 1 is 1.00 bits per heavy atom. The van der Waals surface area contributed by atoms with Gasteiger partial charge in [0.05, 0.1) is 6.42 Å². The van der Waals surface area contributed by atoms with Crippen LogP contribution in [0.15, 0.2) is 54.6 Å². The zero-order valence-corrected chi connectivity index (χ0v) is 14.5. The van der Waals surface area contributed by atoms with E-state index in [1.165, 1.54) is 0 Å². The molecule has 0 spiro atoms. The lowest BCUT2D eigenvalue weighted by atomic mass is 10.1. The summed E-state index contributed by atoms with van der Waals surface area (Å²) in [5.74, 6) is -0.571. The highest BCUT2D eigenvalue weighted by molar-refractivity contribution is 6.30. The minimum absolute atomic E-state index is 0.139. The third-order valence-corrected chi connectivity index (χ3v) is 4.19. The molecule has 0 aliphatic carbocycles. The molecule has 0 aliphatic rings. The number of amides is 2. The van der Waals surface area contributed by atoms with E-state index in [2.05, 4.69) is 10.9 Å². The van der Waals surface area contributed by atoms with E-state index in [4.69, 9.17) is 11.6 Å². The van der Waals surface area contributed by atoms with Crippen LogP contribution in [0.2, 0.25) is 5.02 Å². The molecule has 1 heterocycles. The molecule has 5 nitrogen and oxygen atoms in total. The number of benzene rings is 2. The average molecular weight is 356 g/mol. The van der Waals surface area contributed by atoms with Crippen LogP contribution in [-0.4, -0.2) is 16.4 Å². The molecule has 0 bridgehead atoms. The first-order valence-corrected chi connectivity index (χ1v) is 8.28. The number of fused-ring (bicyclic) bond motifs is 1. The molecule has 0 unspecified atom stereocenters. The number of hydrogen-bond donors (Lipinski definition) is 2. The van der Waals surface area contributed by atoms with Gasteiger partial charge < -0.3 is 4.57 Å². The van der Waals surface area contributed by atoms with Gasteiger partial charge in [-0.25, -0.2) is 0 Å². The summed E-state index contributed by atoms with van der Waals surface area (Å²) in [5, 5.41) is 1.70. The molecule has 2 aromatic carbocycles. The lowest BCUT2D eigenvalue weighted by Gasteiger charge is -2.10. The first kappa shape index (κ1) is 17.0. The molecule has 3 aromatic rings. The standard InChI is InChI=1S/C19H18ClN3O2/c1-13-10-15-4-2-3-5-17(15)23(13)12-19(25)22-21-18(24)11-14-6-8-16(20)9-7-14/h2-10H,11-12H2,1H3,(H,21,24)(H,22,25). The first-order chi connectivity index (χ1) is 12.0. The average Bonchev–Trinajstić information content (AvgIpc) is 2.91. The maximum Gasteiger partial charge on any atom is 0.258 e. The van der Waals surface area contributed by atoms with E-state index in [0.717, 1.165) is 22.2 Å². The van der Waals surface area contributed by atoms with E-state index in [-0.39, 0.29) is 24.8 Å². The number of hydrazine groups is 1. The third-order valence-electron chi connectivity index (χ3n) is 3.94. The number of carbonyl (C=O) groups is 2. The highest BCUT2D eigenvalue weighted by atomic mass is 35.5. The van der Waals surface area contributed by atoms with Gasteiger partial charge in [-0.2, -0.15) is 0 Å². The normalized spacial score (nSPS) is 10.6. The highest BCUT2D eigenvalue weighted by Gasteiger charge is 2.10. The van der Waals surface area contributed by atoms with Gasteiger partial charge >= 0.3 is 0 Å². The van der Waals surface area contributed by atoms with E-state index in [1.54, 1.807) is 24.3 Å². The summed E-state index contributed by atoms with van der Waals surface area (Å²) in [5.41, 5.74) is 7.70. The summed E-state index contributed by atoms with van der Waals surface area (Å²) in [7, 11) is 0. The second-order valence-corrected chi connectivity index (χ2v) is 6.27. The van der Waals surface area contributed by atoms with Crippen molar-refractivity contribution in [2.24, 2.45) is 0 Å². The molecule has 2 N–H and O–H groups in total. The van der Waals surface area contributed by atoms with Gasteiger partial charge in [0.2, 0.25) is 5.91 Å². The maximum absolute atomic E-state index is 12.1. The summed E-state index contributed by atoms with van der Waals surface area (Å²) in [6.07, 6.45) is 0.170. The molecular weight excluding hydrogens is 338 g/mol. The number of hydrogen-bond acceptors (Lipinski definition) is 2. The third kappa shape index (κ3) is 4.19. The molecule has 3 rings (SSSR count). The molecule has 25 heavy (non-hydrogen) atoms. The van der Waals surface area contributed by atoms with Crippen LogP contribution >= 0.6 is 11.6 Å². The van der Waals surface area contributed by atoms with Crippen LogP contribution in [0.5, 0.6) is 0 Å². The monoisotopic (exact) mass is 355 g/mol. The predicted molar refractivity (Wildman–Crippen MR) is 98.1 cm³/mol. The molecule has 2 amide bonds. The van der Waals surface area contributed by atoms with Crippen LogP contribution in [0.25, 0.3) is 10.9 Å². The predicted octanol–water partition coefficient (Wildman–Crippen LogP) is 2.99. The van der Waals surface area contributed by atoms with Gasteiger partial charge in [0.25, 0.3) is 5.91 Å². The summed E-state index contributed by atoms with van der Waals surface area (Å²) < 4.78 is 1.91. The van der Waals surface area contributed by atoms with E-state index in [0.29, 0.717) is 5.02 Å². The van der Waals surface area contributed by atoms with E-state index >= 15 is 0 Å². The fourth-order valence-corrected chi connectivity index (χ4v) is 2.84. The number of nitrogens with zero attached hydrogens (tertiary/aromatic N) is 1. The van der Waals surface area contributed by atoms with Crippen molar-refractivity contribution in [1.82, 2.24) is 15.4 Å². The van der Waals surface area contributed by atoms with Crippen molar-refractivity contribution in [2.75, 3.05) is 0 Å². The van der Waals surface area contributed by atoms with Gasteiger partial charge in [-0.3, -0.25) is 20.4 Å². The summed E-state index contributed by atoms with van der Waals surface area (Å²) in [6.45, 7) is 2.09. The van der Waals surface area contributed by atoms with Crippen molar-refractivity contribution in [3.05, 3.63) is 70.9 Å². The number of aryl methyl sites for hydroxylation is 1. The van der Waals surface area contributed by atoms with Crippen molar-refractivity contribution < 1.29 is 9.59 Å². The molecule has 1 aromatic heterocycles. The van der Waals surface area contributed by atoms with Gasteiger partial charge in [0.1, 0.15) is 6.54 Å². The molecule has 6 heteroatoms. The molecular formula is C19H18ClN3O2. The highest BCUT2D eigenvalue weighted by Crippen LogP contribution is 2.18. The Hall–Kier alpha value is -2.79. The van der Waals surface area contributed by atoms with E-state index in [1.807, 2.05) is 41.8 Å². The zero-order valence-electron chi connectivity index (χ0n) is 13.8. The zero-order chi connectivity index (χ0) is 17.8. The Morgan fingerprint density at radius 2 is 1.68 bits per heavy atom. The number of aromatic nitrogens is 1. The second-order valence-electron chi connectivity index (χ2n) is 5.83. The molecule has 0 fully saturated rings. The number of rotatable bonds is 4. The molecule has 0 saturated heterocycles. The van der Waals surface area contributed by atoms with Gasteiger partial charge in [-0.1, -0.05) is 41.9 Å². The first-order valence-electron chi connectivity index (χ1n) is 7.90. The summed E-state index contributed by atoms with van der Waals surface area (Å²) in [4.78, 5) is 24.1. The largest absolute Gasteiger partial charge is 0.335 e. The number of para-hydroxylation sites is 1. The lowest BCUT2D eigenvalue weighted by Crippen LogP contribution is -2.43. The molecule has 0 atom stereocenters.